The molecule has 4 amide bonds. The number of hydrazine groups is 2. The molecule has 2 aliphatic heterocycles. The van der Waals surface area contributed by atoms with Crippen LogP contribution < -0.4 is 27.0 Å². The molecule has 6 rings (SSSR count). The number of nitrogens with one attached hydrogen (secondary N) is 3. The van der Waals surface area contributed by atoms with Crippen LogP contribution in [-0.2, 0) is 21.2 Å². The lowest BCUT2D eigenvalue weighted by Gasteiger charge is -2.35. The number of aryl methyl sites for hydroxylation is 4. The van der Waals surface area contributed by atoms with Gasteiger partial charge in [-0.25, -0.2) is 10.0 Å². The van der Waals surface area contributed by atoms with E-state index >= 15 is 0 Å². The van der Waals surface area contributed by atoms with Crippen LogP contribution in [0.1, 0.15) is 151 Å². The largest absolute Gasteiger partial charge is 0.495 e. The van der Waals surface area contributed by atoms with E-state index in [2.05, 4.69) is 32.0 Å². The van der Waals surface area contributed by atoms with Gasteiger partial charge in [0.05, 0.1) is 22.3 Å². The summed E-state index contributed by atoms with van der Waals surface area (Å²) in [6.45, 7) is 27.6. The molecule has 2 aliphatic rings. The normalized spacial score (nSPS) is 15.0. The first-order valence-electron chi connectivity index (χ1n) is 21.2. The Kier molecular flexibility index (Phi) is 16.0. The third kappa shape index (κ3) is 11.9. The third-order valence-electron chi connectivity index (χ3n) is 11.4. The van der Waals surface area contributed by atoms with Gasteiger partial charge in [0.15, 0.2) is 0 Å². The van der Waals surface area contributed by atoms with Gasteiger partial charge >= 0.3 is 14.2 Å². The lowest BCUT2D eigenvalue weighted by atomic mass is 9.75. The summed E-state index contributed by atoms with van der Waals surface area (Å²) in [5.74, 6) is -1.30. The van der Waals surface area contributed by atoms with Crippen LogP contribution in [0.3, 0.4) is 0 Å². The summed E-state index contributed by atoms with van der Waals surface area (Å²) in [6, 6.07) is 21.9. The fourth-order valence-electron chi connectivity index (χ4n) is 7.35. The van der Waals surface area contributed by atoms with E-state index < -0.39 is 42.4 Å². The van der Waals surface area contributed by atoms with E-state index in [1.165, 1.54) is 10.0 Å². The first-order valence-corrected chi connectivity index (χ1v) is 22.3. The Hall–Kier alpha value is -4.79. The minimum Gasteiger partial charge on any atom is -0.433 e. The van der Waals surface area contributed by atoms with Crippen molar-refractivity contribution in [2.24, 2.45) is 0 Å². The number of carbonyl (C=O) groups is 4. The van der Waals surface area contributed by atoms with Crippen LogP contribution in [0.25, 0.3) is 0 Å². The molecule has 0 aromatic heterocycles. The van der Waals surface area contributed by atoms with Gasteiger partial charge in [-0.1, -0.05) is 75.9 Å². The molecule has 0 bridgehead atoms. The molecule has 4 aromatic carbocycles. The highest BCUT2D eigenvalue weighted by Crippen LogP contribution is 2.37. The van der Waals surface area contributed by atoms with E-state index in [1.807, 2.05) is 145 Å². The van der Waals surface area contributed by atoms with Crippen molar-refractivity contribution < 1.29 is 33.5 Å². The molecular formula is C49H66B2BrN5O7. The molecule has 64 heavy (non-hydrogen) atoms. The molecule has 2 heterocycles. The van der Waals surface area contributed by atoms with Crippen molar-refractivity contribution in [2.45, 2.75) is 139 Å². The highest BCUT2D eigenvalue weighted by Gasteiger charge is 2.52. The second kappa shape index (κ2) is 19.8. The second-order valence-electron chi connectivity index (χ2n) is 19.6. The Bertz CT molecular complexity index is 2350. The summed E-state index contributed by atoms with van der Waals surface area (Å²) in [5.41, 5.74) is 12.6. The predicted octanol–water partition coefficient (Wildman–Crippen LogP) is 7.40. The standard InChI is InChI=1S/C27H36BBrN2O4.C21H26BN3O3.CH4/c1-17-12-18(2)14-21(13-17)24(33)31(25(3,4)5)30-23(32)19-10-11-20(16-29)22(15-19)28-34-26(6,7)27(8,9)35-28;1-13-8-14(2)10-17(9-13)20(27)25(21(3,4)5)24-19(26)15-6-7-16-12-23-22(28)18(16)11-15;/h10-15H,16H2,1-9H3,(H,30,32);6-11,23,28H,12H2,1-5H3,(H,24,26);1H4. The van der Waals surface area contributed by atoms with Crippen LogP contribution in [-0.4, -0.2) is 75.1 Å². The average molecular weight is 939 g/mol. The molecule has 1 saturated heterocycles. The fraction of sp³-hybridized carbons (Fsp3) is 0.429. The molecule has 0 aliphatic carbocycles. The van der Waals surface area contributed by atoms with Gasteiger partial charge in [-0.15, -0.1) is 0 Å². The number of benzene rings is 4. The van der Waals surface area contributed by atoms with E-state index in [0.717, 1.165) is 38.8 Å². The van der Waals surface area contributed by atoms with Crippen molar-refractivity contribution in [3.05, 3.63) is 128 Å². The van der Waals surface area contributed by atoms with Gasteiger partial charge in [0, 0.05) is 34.1 Å². The number of rotatable bonds is 6. The van der Waals surface area contributed by atoms with Crippen LogP contribution in [0.4, 0.5) is 0 Å². The lowest BCUT2D eigenvalue weighted by Crippen LogP contribution is -2.56. The quantitative estimate of drug-likeness (QED) is 0.0889. The SMILES string of the molecule is C.Cc1cc(C)cc(C(=O)N(NC(=O)c2ccc(CBr)c(B3OC(C)(C)C(C)(C)O3)c2)C(C)(C)C)c1.Cc1cc(C)cc(C(=O)N(NC(=O)c2ccc3c(c2)B(O)NC3)C(C)(C)C)c1. The highest BCUT2D eigenvalue weighted by atomic mass is 79.9. The van der Waals surface area contributed by atoms with Gasteiger partial charge in [0.25, 0.3) is 23.6 Å². The zero-order valence-corrected chi connectivity index (χ0v) is 40.8. The minimum atomic E-state index is -0.779. The Labute approximate surface area is 389 Å². The summed E-state index contributed by atoms with van der Waals surface area (Å²) in [5, 5.41) is 16.3. The van der Waals surface area contributed by atoms with Crippen LogP contribution in [0.5, 0.6) is 0 Å². The summed E-state index contributed by atoms with van der Waals surface area (Å²) in [4.78, 5) is 52.9. The Morgan fingerprint density at radius 2 is 1.05 bits per heavy atom. The maximum Gasteiger partial charge on any atom is 0.495 e. The molecule has 0 spiro atoms. The monoisotopic (exact) mass is 937 g/mol. The Morgan fingerprint density at radius 1 is 0.656 bits per heavy atom. The molecule has 15 heteroatoms. The van der Waals surface area contributed by atoms with E-state index in [0.29, 0.717) is 39.6 Å². The molecule has 0 saturated carbocycles. The predicted molar refractivity (Wildman–Crippen MR) is 261 cm³/mol. The highest BCUT2D eigenvalue weighted by molar-refractivity contribution is 9.08. The summed E-state index contributed by atoms with van der Waals surface area (Å²) in [6.07, 6.45) is 0. The summed E-state index contributed by atoms with van der Waals surface area (Å²) >= 11 is 3.53. The lowest BCUT2D eigenvalue weighted by molar-refractivity contribution is 0.00578. The van der Waals surface area contributed by atoms with Crippen LogP contribution in [0.15, 0.2) is 72.8 Å². The van der Waals surface area contributed by atoms with Crippen LogP contribution >= 0.6 is 15.9 Å². The number of halogens is 1. The van der Waals surface area contributed by atoms with Gasteiger partial charge in [-0.2, -0.15) is 0 Å². The van der Waals surface area contributed by atoms with Gasteiger partial charge in [0.2, 0.25) is 0 Å². The number of hydrogen-bond acceptors (Lipinski definition) is 8. The Balaban J connectivity index is 0.000000283. The van der Waals surface area contributed by atoms with Crippen molar-refractivity contribution in [3.8, 4) is 0 Å². The van der Waals surface area contributed by atoms with E-state index in [-0.39, 0.29) is 25.1 Å². The van der Waals surface area contributed by atoms with Crippen molar-refractivity contribution in [1.29, 1.82) is 0 Å². The summed E-state index contributed by atoms with van der Waals surface area (Å²) in [7, 11) is -1.38. The molecule has 0 atom stereocenters. The van der Waals surface area contributed by atoms with Crippen molar-refractivity contribution in [2.75, 3.05) is 0 Å². The number of alkyl halides is 1. The van der Waals surface area contributed by atoms with E-state index in [4.69, 9.17) is 9.31 Å². The molecule has 1 fully saturated rings. The molecule has 12 nitrogen and oxygen atoms in total. The molecule has 0 unspecified atom stereocenters. The van der Waals surface area contributed by atoms with Crippen LogP contribution in [0.2, 0.25) is 0 Å². The first kappa shape index (κ1) is 51.8. The number of hydrogen-bond donors (Lipinski definition) is 4. The molecule has 4 N–H and O–H groups in total. The second-order valence-corrected chi connectivity index (χ2v) is 20.2. The number of fused-ring (bicyclic) bond motifs is 1. The molecule has 4 aromatic rings. The van der Waals surface area contributed by atoms with Crippen molar-refractivity contribution >= 4 is 64.7 Å². The fourth-order valence-corrected chi connectivity index (χ4v) is 7.86. The first-order chi connectivity index (χ1) is 29.1. The van der Waals surface area contributed by atoms with Crippen LogP contribution in [0, 0.1) is 27.7 Å². The zero-order chi connectivity index (χ0) is 47.0. The van der Waals surface area contributed by atoms with Gasteiger partial charge in [0.1, 0.15) is 0 Å². The maximum absolute atomic E-state index is 13.4. The minimum absolute atomic E-state index is 0. The van der Waals surface area contributed by atoms with Crippen molar-refractivity contribution in [1.82, 2.24) is 26.1 Å². The molecule has 0 radical (unpaired) electrons. The van der Waals surface area contributed by atoms with E-state index in [9.17, 15) is 24.2 Å². The van der Waals surface area contributed by atoms with Gasteiger partial charge < -0.3 is 19.6 Å². The van der Waals surface area contributed by atoms with Crippen molar-refractivity contribution in [3.63, 3.8) is 0 Å². The summed E-state index contributed by atoms with van der Waals surface area (Å²) < 4.78 is 12.5. The topological polar surface area (TPSA) is 150 Å². The Morgan fingerprint density at radius 3 is 1.44 bits per heavy atom. The van der Waals surface area contributed by atoms with Gasteiger partial charge in [-0.3, -0.25) is 30.0 Å². The number of carbonyl (C=O) groups excluding carboxylic acids is 4. The van der Waals surface area contributed by atoms with Gasteiger partial charge in [-0.05, 0) is 161 Å². The zero-order valence-electron chi connectivity index (χ0n) is 39.2. The average Bonchev–Trinajstić information content (AvgIpc) is 3.66. The molecular weight excluding hydrogens is 872 g/mol. The maximum atomic E-state index is 13.4. The third-order valence-corrected chi connectivity index (χ3v) is 12.0. The van der Waals surface area contributed by atoms with E-state index in [1.54, 1.807) is 24.3 Å². The molecule has 342 valence electrons. The number of nitrogens with zero attached hydrogens (tertiary/aromatic N) is 2. The smallest absolute Gasteiger partial charge is 0.433 e. The number of amides is 4.